The standard InChI is InChI=1S/C22H25F2N3O5S/c1-3-26(4-2)33(30,31)19-11-7-17(8-12-19)27-14-15(13-20(27)28)21(29)25-16-5-9-18(10-6-16)32-22(23)24/h5-12,15,22H,3-4,13-14H2,1-2H3,(H,25,29)/t15-/m0/s1. The monoisotopic (exact) mass is 481 g/mol. The van der Waals surface area contributed by atoms with Gasteiger partial charge in [0, 0.05) is 37.4 Å². The van der Waals surface area contributed by atoms with Crippen LogP contribution in [0.15, 0.2) is 53.4 Å². The fraction of sp³-hybridized carbons (Fsp3) is 0.364. The van der Waals surface area contributed by atoms with Crippen LogP contribution >= 0.6 is 0 Å². The summed E-state index contributed by atoms with van der Waals surface area (Å²) in [5.74, 6) is -1.28. The number of nitrogens with one attached hydrogen (secondary N) is 1. The number of ether oxygens (including phenoxy) is 1. The molecule has 2 aromatic carbocycles. The van der Waals surface area contributed by atoms with Crippen molar-refractivity contribution < 1.29 is 31.5 Å². The lowest BCUT2D eigenvalue weighted by molar-refractivity contribution is -0.122. The molecule has 2 amide bonds. The number of nitrogens with zero attached hydrogens (tertiary/aromatic N) is 2. The average molecular weight is 482 g/mol. The van der Waals surface area contributed by atoms with E-state index in [1.54, 1.807) is 26.0 Å². The highest BCUT2D eigenvalue weighted by Gasteiger charge is 2.35. The van der Waals surface area contributed by atoms with Crippen LogP contribution in [0.2, 0.25) is 0 Å². The summed E-state index contributed by atoms with van der Waals surface area (Å²) in [7, 11) is -3.61. The van der Waals surface area contributed by atoms with Gasteiger partial charge in [-0.05, 0) is 48.5 Å². The molecule has 1 saturated heterocycles. The minimum absolute atomic E-state index is 0.00208. The van der Waals surface area contributed by atoms with E-state index < -0.39 is 22.6 Å². The predicted molar refractivity (Wildman–Crippen MR) is 119 cm³/mol. The lowest BCUT2D eigenvalue weighted by Crippen LogP contribution is -2.31. The lowest BCUT2D eigenvalue weighted by atomic mass is 10.1. The highest BCUT2D eigenvalue weighted by Crippen LogP contribution is 2.28. The molecular weight excluding hydrogens is 456 g/mol. The van der Waals surface area contributed by atoms with Crippen LogP contribution in [0, 0.1) is 5.92 Å². The topological polar surface area (TPSA) is 96.0 Å². The Morgan fingerprint density at radius 3 is 2.27 bits per heavy atom. The van der Waals surface area contributed by atoms with Gasteiger partial charge in [-0.15, -0.1) is 0 Å². The number of rotatable bonds is 9. The second-order valence-electron chi connectivity index (χ2n) is 7.38. The fourth-order valence-corrected chi connectivity index (χ4v) is 5.07. The molecule has 1 aliphatic rings. The second-order valence-corrected chi connectivity index (χ2v) is 9.32. The van der Waals surface area contributed by atoms with Crippen LogP contribution in [-0.2, 0) is 19.6 Å². The van der Waals surface area contributed by atoms with E-state index in [2.05, 4.69) is 10.1 Å². The molecule has 33 heavy (non-hydrogen) atoms. The van der Waals surface area contributed by atoms with Gasteiger partial charge in [-0.25, -0.2) is 8.42 Å². The maximum Gasteiger partial charge on any atom is 0.387 e. The third-order valence-corrected chi connectivity index (χ3v) is 7.40. The largest absolute Gasteiger partial charge is 0.435 e. The number of benzene rings is 2. The summed E-state index contributed by atoms with van der Waals surface area (Å²) < 4.78 is 55.3. The summed E-state index contributed by atoms with van der Waals surface area (Å²) in [4.78, 5) is 26.7. The minimum atomic E-state index is -3.61. The number of alkyl halides is 2. The van der Waals surface area contributed by atoms with Gasteiger partial charge in [-0.2, -0.15) is 13.1 Å². The van der Waals surface area contributed by atoms with Crippen molar-refractivity contribution in [1.82, 2.24) is 4.31 Å². The van der Waals surface area contributed by atoms with Gasteiger partial charge in [0.1, 0.15) is 5.75 Å². The first-order chi connectivity index (χ1) is 15.6. The maximum absolute atomic E-state index is 12.6. The van der Waals surface area contributed by atoms with Gasteiger partial charge in [0.05, 0.1) is 10.8 Å². The Kier molecular flexibility index (Phi) is 7.65. The third kappa shape index (κ3) is 5.66. The zero-order chi connectivity index (χ0) is 24.2. The van der Waals surface area contributed by atoms with Crippen molar-refractivity contribution in [3.05, 3.63) is 48.5 Å². The Morgan fingerprint density at radius 1 is 1.12 bits per heavy atom. The van der Waals surface area contributed by atoms with Gasteiger partial charge < -0.3 is 15.0 Å². The van der Waals surface area contributed by atoms with E-state index in [4.69, 9.17) is 0 Å². The molecule has 1 heterocycles. The van der Waals surface area contributed by atoms with Crippen LogP contribution in [0.4, 0.5) is 20.2 Å². The van der Waals surface area contributed by atoms with Crippen LogP contribution in [-0.4, -0.2) is 50.8 Å². The first-order valence-electron chi connectivity index (χ1n) is 10.4. The highest BCUT2D eigenvalue weighted by atomic mass is 32.2. The van der Waals surface area contributed by atoms with Crippen LogP contribution < -0.4 is 15.0 Å². The summed E-state index contributed by atoms with van der Waals surface area (Å²) in [6, 6.07) is 11.5. The van der Waals surface area contributed by atoms with Gasteiger partial charge in [-0.3, -0.25) is 9.59 Å². The smallest absolute Gasteiger partial charge is 0.387 e. The number of anilines is 2. The number of hydrogen-bond donors (Lipinski definition) is 1. The van der Waals surface area contributed by atoms with Crippen molar-refractivity contribution >= 4 is 33.2 Å². The van der Waals surface area contributed by atoms with E-state index in [-0.39, 0.29) is 35.4 Å². The van der Waals surface area contributed by atoms with Crippen molar-refractivity contribution in [2.45, 2.75) is 31.8 Å². The zero-order valence-corrected chi connectivity index (χ0v) is 19.0. The Bertz CT molecular complexity index is 1090. The number of sulfonamides is 1. The van der Waals surface area contributed by atoms with E-state index in [0.29, 0.717) is 24.5 Å². The number of carbonyl (C=O) groups is 2. The molecule has 178 valence electrons. The number of carbonyl (C=O) groups excluding carboxylic acids is 2. The average Bonchev–Trinajstić information content (AvgIpc) is 3.17. The Hall–Kier alpha value is -3.05. The molecule has 1 atom stereocenters. The number of amides is 2. The van der Waals surface area contributed by atoms with Gasteiger partial charge in [0.25, 0.3) is 0 Å². The molecule has 0 bridgehead atoms. The predicted octanol–water partition coefficient (Wildman–Crippen LogP) is 3.31. The van der Waals surface area contributed by atoms with Gasteiger partial charge in [-0.1, -0.05) is 13.8 Å². The fourth-order valence-electron chi connectivity index (χ4n) is 3.61. The molecule has 11 heteroatoms. The molecule has 0 saturated carbocycles. The molecule has 1 N–H and O–H groups in total. The Labute approximate surface area is 191 Å². The van der Waals surface area contributed by atoms with Crippen molar-refractivity contribution in [3.8, 4) is 5.75 Å². The van der Waals surface area contributed by atoms with Crippen LogP contribution in [0.25, 0.3) is 0 Å². The van der Waals surface area contributed by atoms with Crippen LogP contribution in [0.3, 0.4) is 0 Å². The van der Waals surface area contributed by atoms with E-state index in [0.717, 1.165) is 0 Å². The molecule has 3 rings (SSSR count). The van der Waals surface area contributed by atoms with Gasteiger partial charge in [0.15, 0.2) is 0 Å². The zero-order valence-electron chi connectivity index (χ0n) is 18.2. The summed E-state index contributed by atoms with van der Waals surface area (Å²) in [5, 5.41) is 2.67. The van der Waals surface area contributed by atoms with Crippen LogP contribution in [0.1, 0.15) is 20.3 Å². The van der Waals surface area contributed by atoms with Crippen molar-refractivity contribution in [1.29, 1.82) is 0 Å². The molecule has 0 unspecified atom stereocenters. The molecule has 8 nitrogen and oxygen atoms in total. The summed E-state index contributed by atoms with van der Waals surface area (Å²) >= 11 is 0. The summed E-state index contributed by atoms with van der Waals surface area (Å²) in [6.45, 7) is 1.42. The first-order valence-corrected chi connectivity index (χ1v) is 11.9. The molecular formula is C22H25F2N3O5S. The number of halogens is 2. The van der Waals surface area contributed by atoms with E-state index in [1.807, 2.05) is 0 Å². The lowest BCUT2D eigenvalue weighted by Gasteiger charge is -2.20. The molecule has 1 aliphatic heterocycles. The Balaban J connectivity index is 1.65. The van der Waals surface area contributed by atoms with E-state index in [9.17, 15) is 26.8 Å². The SMILES string of the molecule is CCN(CC)S(=O)(=O)c1ccc(N2C[C@@H](C(=O)Nc3ccc(OC(F)F)cc3)CC2=O)cc1. The van der Waals surface area contributed by atoms with Crippen molar-refractivity contribution in [2.75, 3.05) is 29.9 Å². The third-order valence-electron chi connectivity index (χ3n) is 5.33. The molecule has 2 aromatic rings. The highest BCUT2D eigenvalue weighted by molar-refractivity contribution is 7.89. The molecule has 1 fully saturated rings. The van der Waals surface area contributed by atoms with Crippen molar-refractivity contribution in [2.24, 2.45) is 5.92 Å². The minimum Gasteiger partial charge on any atom is -0.435 e. The number of hydrogen-bond acceptors (Lipinski definition) is 5. The van der Waals surface area contributed by atoms with E-state index in [1.165, 1.54) is 45.6 Å². The quantitative estimate of drug-likeness (QED) is 0.593. The van der Waals surface area contributed by atoms with Crippen LogP contribution in [0.5, 0.6) is 5.75 Å². The Morgan fingerprint density at radius 2 is 1.73 bits per heavy atom. The maximum atomic E-state index is 12.6. The van der Waals surface area contributed by atoms with E-state index >= 15 is 0 Å². The molecule has 0 radical (unpaired) electrons. The van der Waals surface area contributed by atoms with Gasteiger partial charge >= 0.3 is 6.61 Å². The van der Waals surface area contributed by atoms with Gasteiger partial charge in [0.2, 0.25) is 21.8 Å². The first kappa shape index (κ1) is 24.6. The summed E-state index contributed by atoms with van der Waals surface area (Å²) in [6.07, 6.45) is -0.00208. The second kappa shape index (κ2) is 10.3. The normalized spacial score (nSPS) is 16.5. The van der Waals surface area contributed by atoms with Crippen molar-refractivity contribution in [3.63, 3.8) is 0 Å². The molecule has 0 aromatic heterocycles. The molecule has 0 spiro atoms. The summed E-state index contributed by atoms with van der Waals surface area (Å²) in [5.41, 5.74) is 0.890. The molecule has 0 aliphatic carbocycles.